The molecule has 0 saturated carbocycles. The Balaban J connectivity index is 1.80. The van der Waals surface area contributed by atoms with Crippen LogP contribution in [0.4, 0.5) is 0 Å². The number of hydrogen-bond acceptors (Lipinski definition) is 7. The van der Waals surface area contributed by atoms with Crippen LogP contribution in [-0.2, 0) is 14.3 Å². The van der Waals surface area contributed by atoms with Crippen molar-refractivity contribution >= 4 is 28.8 Å². The number of Topliss-reactive ketones (excluding diaryl/α,β-unsaturated/α-hetero) is 1. The van der Waals surface area contributed by atoms with Crippen molar-refractivity contribution in [2.75, 3.05) is 33.5 Å². The highest BCUT2D eigenvalue weighted by Gasteiger charge is 2.46. The second-order valence-electron chi connectivity index (χ2n) is 7.17. The van der Waals surface area contributed by atoms with Crippen molar-refractivity contribution in [3.8, 4) is 11.5 Å². The Bertz CT molecular complexity index is 1010. The van der Waals surface area contributed by atoms with Gasteiger partial charge >= 0.3 is 0 Å². The number of amides is 1. The van der Waals surface area contributed by atoms with E-state index in [9.17, 15) is 14.7 Å². The van der Waals surface area contributed by atoms with Gasteiger partial charge in [-0.1, -0.05) is 0 Å². The van der Waals surface area contributed by atoms with Crippen LogP contribution in [0.5, 0.6) is 11.5 Å². The average Bonchev–Trinajstić information content (AvgIpc) is 3.28. The van der Waals surface area contributed by atoms with Gasteiger partial charge in [0.1, 0.15) is 19.0 Å². The Kier molecular flexibility index (Phi) is 5.78. The topological polar surface area (TPSA) is 85.3 Å². The van der Waals surface area contributed by atoms with Crippen LogP contribution in [0.3, 0.4) is 0 Å². The van der Waals surface area contributed by atoms with Crippen LogP contribution < -0.4 is 9.47 Å². The minimum atomic E-state index is -0.683. The molecule has 158 valence electrons. The van der Waals surface area contributed by atoms with Crippen LogP contribution in [0.2, 0.25) is 0 Å². The molecule has 0 radical (unpaired) electrons. The molecule has 2 aliphatic rings. The molecule has 1 unspecified atom stereocenters. The number of ketones is 1. The number of likely N-dealkylation sites (tertiary alicyclic amines) is 1. The lowest BCUT2D eigenvalue weighted by molar-refractivity contribution is -0.140. The Morgan fingerprint density at radius 1 is 1.23 bits per heavy atom. The molecule has 0 spiro atoms. The highest BCUT2D eigenvalue weighted by atomic mass is 32.1. The maximum absolute atomic E-state index is 13.0. The van der Waals surface area contributed by atoms with Crippen molar-refractivity contribution in [2.45, 2.75) is 19.4 Å². The highest BCUT2D eigenvalue weighted by molar-refractivity contribution is 7.10. The van der Waals surface area contributed by atoms with Crippen molar-refractivity contribution in [3.63, 3.8) is 0 Å². The van der Waals surface area contributed by atoms with Gasteiger partial charge in [-0.15, -0.1) is 11.3 Å². The third kappa shape index (κ3) is 3.57. The van der Waals surface area contributed by atoms with E-state index in [1.165, 1.54) is 16.2 Å². The van der Waals surface area contributed by atoms with E-state index in [1.807, 2.05) is 18.4 Å². The molecule has 30 heavy (non-hydrogen) atoms. The molecular weight excluding hydrogens is 406 g/mol. The molecule has 2 aliphatic heterocycles. The predicted molar refractivity (Wildman–Crippen MR) is 112 cm³/mol. The largest absolute Gasteiger partial charge is 0.507 e. The number of aryl methyl sites for hydroxylation is 1. The Hall–Kier alpha value is -2.84. The molecule has 2 aromatic rings. The first kappa shape index (κ1) is 20.4. The molecule has 3 heterocycles. The van der Waals surface area contributed by atoms with Gasteiger partial charge in [-0.2, -0.15) is 0 Å². The normalized spacial score (nSPS) is 20.1. The van der Waals surface area contributed by atoms with Crippen molar-refractivity contribution in [1.82, 2.24) is 4.90 Å². The van der Waals surface area contributed by atoms with E-state index < -0.39 is 17.7 Å². The van der Waals surface area contributed by atoms with Crippen LogP contribution in [0, 0.1) is 6.92 Å². The van der Waals surface area contributed by atoms with E-state index in [0.717, 1.165) is 10.4 Å². The number of thiophene rings is 1. The minimum Gasteiger partial charge on any atom is -0.507 e. The number of aliphatic hydroxyl groups is 1. The first-order valence-electron chi connectivity index (χ1n) is 9.74. The first-order chi connectivity index (χ1) is 14.5. The number of fused-ring (bicyclic) bond motifs is 1. The summed E-state index contributed by atoms with van der Waals surface area (Å²) in [5.41, 5.74) is 1.48. The molecular formula is C22H23NO6S. The minimum absolute atomic E-state index is 0.0969. The summed E-state index contributed by atoms with van der Waals surface area (Å²) >= 11 is 1.47. The smallest absolute Gasteiger partial charge is 0.295 e. The van der Waals surface area contributed by atoms with Crippen LogP contribution in [0.25, 0.3) is 5.76 Å². The fourth-order valence-corrected chi connectivity index (χ4v) is 4.82. The van der Waals surface area contributed by atoms with Gasteiger partial charge in [0.2, 0.25) is 0 Å². The van der Waals surface area contributed by atoms with Gasteiger partial charge in [-0.25, -0.2) is 0 Å². The van der Waals surface area contributed by atoms with Crippen LogP contribution in [0.1, 0.15) is 28.5 Å². The fourth-order valence-electron chi connectivity index (χ4n) is 3.77. The molecule has 7 nitrogen and oxygen atoms in total. The van der Waals surface area contributed by atoms with Crippen LogP contribution in [-0.4, -0.2) is 55.2 Å². The van der Waals surface area contributed by atoms with Gasteiger partial charge in [0, 0.05) is 30.7 Å². The van der Waals surface area contributed by atoms with E-state index in [0.29, 0.717) is 49.8 Å². The lowest BCUT2D eigenvalue weighted by Crippen LogP contribution is -2.31. The maximum Gasteiger partial charge on any atom is 0.295 e. The summed E-state index contributed by atoms with van der Waals surface area (Å²) in [4.78, 5) is 28.2. The average molecular weight is 429 g/mol. The van der Waals surface area contributed by atoms with Gasteiger partial charge in [0.15, 0.2) is 11.5 Å². The van der Waals surface area contributed by atoms with Crippen molar-refractivity contribution in [2.24, 2.45) is 0 Å². The van der Waals surface area contributed by atoms with E-state index in [4.69, 9.17) is 14.2 Å². The fraction of sp³-hybridized carbons (Fsp3) is 0.364. The lowest BCUT2D eigenvalue weighted by Gasteiger charge is -2.25. The Labute approximate surface area is 178 Å². The Morgan fingerprint density at radius 3 is 2.70 bits per heavy atom. The Morgan fingerprint density at radius 2 is 2.00 bits per heavy atom. The van der Waals surface area contributed by atoms with Gasteiger partial charge in [-0.3, -0.25) is 9.59 Å². The van der Waals surface area contributed by atoms with E-state index >= 15 is 0 Å². The number of rotatable bonds is 6. The summed E-state index contributed by atoms with van der Waals surface area (Å²) in [6.07, 6.45) is 0.592. The summed E-state index contributed by atoms with van der Waals surface area (Å²) in [5.74, 6) is -0.412. The van der Waals surface area contributed by atoms with Crippen molar-refractivity contribution in [3.05, 3.63) is 51.2 Å². The molecule has 8 heteroatoms. The number of ether oxygens (including phenoxy) is 3. The molecule has 1 atom stereocenters. The molecule has 0 aliphatic carbocycles. The maximum atomic E-state index is 13.0. The molecule has 4 rings (SSSR count). The third-order valence-electron chi connectivity index (χ3n) is 5.25. The van der Waals surface area contributed by atoms with Crippen LogP contribution >= 0.6 is 11.3 Å². The van der Waals surface area contributed by atoms with E-state index in [-0.39, 0.29) is 11.3 Å². The second-order valence-corrected chi connectivity index (χ2v) is 8.11. The third-order valence-corrected chi connectivity index (χ3v) is 6.32. The van der Waals surface area contributed by atoms with Crippen molar-refractivity contribution in [1.29, 1.82) is 0 Å². The van der Waals surface area contributed by atoms with Crippen molar-refractivity contribution < 1.29 is 28.9 Å². The van der Waals surface area contributed by atoms with Gasteiger partial charge in [0.25, 0.3) is 11.7 Å². The number of carbonyl (C=O) groups excluding carboxylic acids is 2. The zero-order valence-corrected chi connectivity index (χ0v) is 17.7. The van der Waals surface area contributed by atoms with Crippen LogP contribution in [0.15, 0.2) is 35.2 Å². The summed E-state index contributed by atoms with van der Waals surface area (Å²) in [6.45, 7) is 3.64. The summed E-state index contributed by atoms with van der Waals surface area (Å²) in [7, 11) is 1.59. The molecule has 0 bridgehead atoms. The quantitative estimate of drug-likeness (QED) is 0.328. The zero-order chi connectivity index (χ0) is 21.3. The number of methoxy groups -OCH3 is 1. The highest BCUT2D eigenvalue weighted by Crippen LogP contribution is 2.43. The molecule has 1 N–H and O–H groups in total. The number of nitrogens with zero attached hydrogens (tertiary/aromatic N) is 1. The SMILES string of the molecule is COCCCN1C(=O)C(=O)/C(=C(\O)c2ccc3c(c2)OCCO3)C1c1sccc1C. The summed E-state index contributed by atoms with van der Waals surface area (Å²) in [5, 5.41) is 13.0. The predicted octanol–water partition coefficient (Wildman–Crippen LogP) is 3.29. The van der Waals surface area contributed by atoms with Gasteiger partial charge in [0.05, 0.1) is 11.6 Å². The zero-order valence-electron chi connectivity index (χ0n) is 16.8. The molecule has 1 aromatic carbocycles. The standard InChI is InChI=1S/C22H23NO6S/c1-13-6-11-30-21(13)18-17(20(25)22(26)23(18)7-3-8-27-2)19(24)14-4-5-15-16(12-14)29-10-9-28-15/h4-6,11-12,18,24H,3,7-10H2,1-2H3/b19-17-. The molecule has 1 saturated heterocycles. The van der Waals surface area contributed by atoms with Gasteiger partial charge in [-0.05, 0) is 48.6 Å². The number of aliphatic hydroxyl groups excluding tert-OH is 1. The molecule has 1 fully saturated rings. The van der Waals surface area contributed by atoms with E-state index in [2.05, 4.69) is 0 Å². The number of carbonyl (C=O) groups is 2. The number of benzene rings is 1. The summed E-state index contributed by atoms with van der Waals surface area (Å²) in [6, 6.07) is 6.32. The molecule has 1 amide bonds. The molecule has 1 aromatic heterocycles. The monoisotopic (exact) mass is 429 g/mol. The second kappa shape index (κ2) is 8.49. The van der Waals surface area contributed by atoms with E-state index in [1.54, 1.807) is 25.3 Å². The first-order valence-corrected chi connectivity index (χ1v) is 10.6. The lowest BCUT2D eigenvalue weighted by atomic mass is 9.98. The van der Waals surface area contributed by atoms with Gasteiger partial charge < -0.3 is 24.2 Å². The number of hydrogen-bond donors (Lipinski definition) is 1. The summed E-state index contributed by atoms with van der Waals surface area (Å²) < 4.78 is 16.2.